The topological polar surface area (TPSA) is 81.1 Å². The molecule has 1 aromatic carbocycles. The van der Waals surface area contributed by atoms with Gasteiger partial charge in [-0.2, -0.15) is 11.3 Å². The van der Waals surface area contributed by atoms with Crippen molar-refractivity contribution in [3.63, 3.8) is 0 Å². The molecule has 18 heavy (non-hydrogen) atoms. The van der Waals surface area contributed by atoms with E-state index >= 15 is 0 Å². The van der Waals surface area contributed by atoms with Crippen molar-refractivity contribution in [3.8, 4) is 0 Å². The summed E-state index contributed by atoms with van der Waals surface area (Å²) in [5.41, 5.74) is 15.1. The van der Waals surface area contributed by atoms with Crippen LogP contribution in [0.2, 0.25) is 0 Å². The first-order valence-electron chi connectivity index (χ1n) is 5.53. The molecule has 0 aliphatic heterocycles. The first-order valence-corrected chi connectivity index (χ1v) is 6.47. The van der Waals surface area contributed by atoms with Gasteiger partial charge in [-0.1, -0.05) is 0 Å². The van der Waals surface area contributed by atoms with Crippen LogP contribution in [0.25, 0.3) is 0 Å². The second-order valence-electron chi connectivity index (χ2n) is 4.11. The van der Waals surface area contributed by atoms with Crippen LogP contribution in [0.1, 0.15) is 21.5 Å². The summed E-state index contributed by atoms with van der Waals surface area (Å²) >= 11 is 1.63. The molecule has 0 atom stereocenters. The second-order valence-corrected chi connectivity index (χ2v) is 4.85. The standard InChI is InChI=1S/C13H15N3OS/c1-8-6-18-7-9(8)5-16-13(17)11-3-2-10(14)4-12(11)15/h2-4,6-7H,5,14-15H2,1H3,(H,16,17). The maximum absolute atomic E-state index is 12.0. The fraction of sp³-hybridized carbons (Fsp3) is 0.154. The fourth-order valence-electron chi connectivity index (χ4n) is 1.63. The molecule has 5 heteroatoms. The second kappa shape index (κ2) is 5.10. The van der Waals surface area contributed by atoms with Crippen LogP contribution < -0.4 is 16.8 Å². The number of carbonyl (C=O) groups is 1. The zero-order valence-corrected chi connectivity index (χ0v) is 10.9. The van der Waals surface area contributed by atoms with Gasteiger partial charge in [-0.05, 0) is 47.0 Å². The number of hydrogen-bond acceptors (Lipinski definition) is 4. The molecule has 0 unspecified atom stereocenters. The number of thiophene rings is 1. The highest BCUT2D eigenvalue weighted by Gasteiger charge is 2.10. The lowest BCUT2D eigenvalue weighted by molar-refractivity contribution is 0.0952. The predicted molar refractivity (Wildman–Crippen MR) is 75.5 cm³/mol. The van der Waals surface area contributed by atoms with Crippen LogP contribution in [-0.4, -0.2) is 5.91 Å². The smallest absolute Gasteiger partial charge is 0.253 e. The van der Waals surface area contributed by atoms with Gasteiger partial charge in [-0.25, -0.2) is 0 Å². The van der Waals surface area contributed by atoms with Crippen molar-refractivity contribution >= 4 is 28.6 Å². The van der Waals surface area contributed by atoms with Crippen LogP contribution >= 0.6 is 11.3 Å². The molecule has 94 valence electrons. The van der Waals surface area contributed by atoms with E-state index in [1.165, 1.54) is 5.56 Å². The van der Waals surface area contributed by atoms with Gasteiger partial charge in [-0.15, -0.1) is 0 Å². The largest absolute Gasteiger partial charge is 0.399 e. The van der Waals surface area contributed by atoms with Crippen molar-refractivity contribution in [2.45, 2.75) is 13.5 Å². The van der Waals surface area contributed by atoms with Gasteiger partial charge < -0.3 is 16.8 Å². The Labute approximate surface area is 110 Å². The molecule has 0 saturated carbocycles. The first kappa shape index (κ1) is 12.4. The molecule has 0 radical (unpaired) electrons. The molecule has 4 nitrogen and oxygen atoms in total. The number of aryl methyl sites for hydroxylation is 1. The molecule has 2 aromatic rings. The number of anilines is 2. The van der Waals surface area contributed by atoms with Crippen LogP contribution in [0.3, 0.4) is 0 Å². The van der Waals surface area contributed by atoms with Gasteiger partial charge in [0.1, 0.15) is 0 Å². The van der Waals surface area contributed by atoms with E-state index in [-0.39, 0.29) is 5.91 Å². The van der Waals surface area contributed by atoms with E-state index in [2.05, 4.69) is 10.7 Å². The molecule has 0 aliphatic carbocycles. The minimum Gasteiger partial charge on any atom is -0.399 e. The Morgan fingerprint density at radius 1 is 1.33 bits per heavy atom. The monoisotopic (exact) mass is 261 g/mol. The van der Waals surface area contributed by atoms with Crippen molar-refractivity contribution in [1.29, 1.82) is 0 Å². The van der Waals surface area contributed by atoms with Gasteiger partial charge in [0.15, 0.2) is 0 Å². The molecule has 5 N–H and O–H groups in total. The number of nitrogens with two attached hydrogens (primary N) is 2. The van der Waals surface area contributed by atoms with E-state index in [1.807, 2.05) is 12.3 Å². The number of rotatable bonds is 3. The third-order valence-corrected chi connectivity index (χ3v) is 3.63. The zero-order valence-electron chi connectivity index (χ0n) is 10.1. The van der Waals surface area contributed by atoms with E-state index in [9.17, 15) is 4.79 Å². The van der Waals surface area contributed by atoms with Crippen LogP contribution in [-0.2, 0) is 6.54 Å². The molecule has 0 fully saturated rings. The molecule has 0 aliphatic rings. The maximum atomic E-state index is 12.0. The van der Waals surface area contributed by atoms with E-state index in [0.717, 1.165) is 5.56 Å². The van der Waals surface area contributed by atoms with Gasteiger partial charge in [0.25, 0.3) is 5.91 Å². The van der Waals surface area contributed by atoms with E-state index in [1.54, 1.807) is 29.5 Å². The normalized spacial score (nSPS) is 10.3. The number of amides is 1. The average molecular weight is 261 g/mol. The van der Waals surface area contributed by atoms with Crippen LogP contribution in [0.15, 0.2) is 29.0 Å². The molecular weight excluding hydrogens is 246 g/mol. The number of nitrogen functional groups attached to an aromatic ring is 2. The van der Waals surface area contributed by atoms with Crippen LogP contribution in [0.4, 0.5) is 11.4 Å². The van der Waals surface area contributed by atoms with Crippen molar-refractivity contribution in [3.05, 3.63) is 45.6 Å². The number of benzene rings is 1. The highest BCUT2D eigenvalue weighted by molar-refractivity contribution is 7.08. The minimum absolute atomic E-state index is 0.182. The average Bonchev–Trinajstić information content (AvgIpc) is 2.72. The maximum Gasteiger partial charge on any atom is 0.253 e. The van der Waals surface area contributed by atoms with Gasteiger partial charge in [-0.3, -0.25) is 4.79 Å². The summed E-state index contributed by atoms with van der Waals surface area (Å²) < 4.78 is 0. The molecular formula is C13H15N3OS. The Hall–Kier alpha value is -2.01. The summed E-state index contributed by atoms with van der Waals surface area (Å²) in [4.78, 5) is 12.0. The Kier molecular flexibility index (Phi) is 3.53. The first-order chi connectivity index (χ1) is 8.58. The Balaban J connectivity index is 2.06. The Morgan fingerprint density at radius 3 is 2.72 bits per heavy atom. The number of hydrogen-bond donors (Lipinski definition) is 3. The van der Waals surface area contributed by atoms with Gasteiger partial charge in [0.2, 0.25) is 0 Å². The van der Waals surface area contributed by atoms with Crippen molar-refractivity contribution in [1.82, 2.24) is 5.32 Å². The molecule has 1 amide bonds. The molecule has 1 aromatic heterocycles. The van der Waals surface area contributed by atoms with Gasteiger partial charge in [0.05, 0.1) is 5.56 Å². The van der Waals surface area contributed by atoms with Crippen LogP contribution in [0.5, 0.6) is 0 Å². The van der Waals surface area contributed by atoms with E-state index < -0.39 is 0 Å². The minimum atomic E-state index is -0.182. The number of carbonyl (C=O) groups excluding carboxylic acids is 1. The van der Waals surface area contributed by atoms with Gasteiger partial charge in [0, 0.05) is 17.9 Å². The summed E-state index contributed by atoms with van der Waals surface area (Å²) in [7, 11) is 0. The predicted octanol–water partition coefficient (Wildman–Crippen LogP) is 2.15. The summed E-state index contributed by atoms with van der Waals surface area (Å²) in [5.74, 6) is -0.182. The third-order valence-electron chi connectivity index (χ3n) is 2.72. The summed E-state index contributed by atoms with van der Waals surface area (Å²) in [6, 6.07) is 4.90. The summed E-state index contributed by atoms with van der Waals surface area (Å²) in [6.07, 6.45) is 0. The fourth-order valence-corrected chi connectivity index (χ4v) is 2.48. The van der Waals surface area contributed by atoms with Crippen molar-refractivity contribution in [2.24, 2.45) is 0 Å². The SMILES string of the molecule is Cc1cscc1CNC(=O)c1ccc(N)cc1N. The molecule has 2 rings (SSSR count). The van der Waals surface area contributed by atoms with Crippen molar-refractivity contribution < 1.29 is 4.79 Å². The zero-order chi connectivity index (χ0) is 13.1. The lowest BCUT2D eigenvalue weighted by atomic mass is 10.1. The summed E-state index contributed by atoms with van der Waals surface area (Å²) in [5, 5.41) is 6.93. The molecule has 0 saturated heterocycles. The lowest BCUT2D eigenvalue weighted by Gasteiger charge is -2.08. The quantitative estimate of drug-likeness (QED) is 0.740. The van der Waals surface area contributed by atoms with E-state index in [0.29, 0.717) is 23.5 Å². The molecule has 0 spiro atoms. The Morgan fingerprint density at radius 2 is 2.11 bits per heavy atom. The lowest BCUT2D eigenvalue weighted by Crippen LogP contribution is -2.23. The number of nitrogens with one attached hydrogen (secondary N) is 1. The summed E-state index contributed by atoms with van der Waals surface area (Å²) in [6.45, 7) is 2.54. The highest BCUT2D eigenvalue weighted by atomic mass is 32.1. The van der Waals surface area contributed by atoms with Gasteiger partial charge >= 0.3 is 0 Å². The van der Waals surface area contributed by atoms with Crippen molar-refractivity contribution in [2.75, 3.05) is 11.5 Å². The third kappa shape index (κ3) is 2.62. The highest BCUT2D eigenvalue weighted by Crippen LogP contribution is 2.17. The molecule has 1 heterocycles. The van der Waals surface area contributed by atoms with E-state index in [4.69, 9.17) is 11.5 Å². The Bertz CT molecular complexity index is 577. The van der Waals surface area contributed by atoms with Crippen LogP contribution in [0, 0.1) is 6.92 Å². The molecule has 0 bridgehead atoms.